The first kappa shape index (κ1) is 23.1. The number of aliphatic hydroxyl groups excluding tert-OH is 1. The Labute approximate surface area is 171 Å². The summed E-state index contributed by atoms with van der Waals surface area (Å²) in [4.78, 5) is 2.13. The molecule has 2 N–H and O–H groups in total. The van der Waals surface area contributed by atoms with Gasteiger partial charge in [-0.25, -0.2) is 8.78 Å². The van der Waals surface area contributed by atoms with Crippen molar-refractivity contribution >= 4 is 0 Å². The van der Waals surface area contributed by atoms with Gasteiger partial charge in [0.1, 0.15) is 12.7 Å². The summed E-state index contributed by atoms with van der Waals surface area (Å²) in [6.45, 7) is 7.23. The molecule has 0 amide bonds. The molecule has 0 saturated carbocycles. The Bertz CT molecular complexity index is 770. The Hall–Kier alpha value is -2.22. The van der Waals surface area contributed by atoms with Gasteiger partial charge in [0.05, 0.1) is 7.11 Å². The number of nitrogens with zero attached hydrogens (tertiary/aromatic N) is 1. The van der Waals surface area contributed by atoms with Gasteiger partial charge in [-0.15, -0.1) is 0 Å². The number of hydrogen-bond donors (Lipinski definition) is 2. The van der Waals surface area contributed by atoms with Crippen LogP contribution in [0.1, 0.15) is 25.0 Å². The lowest BCUT2D eigenvalue weighted by Crippen LogP contribution is -2.35. The van der Waals surface area contributed by atoms with Crippen LogP contribution in [-0.2, 0) is 13.1 Å². The van der Waals surface area contributed by atoms with Crippen LogP contribution in [0.3, 0.4) is 0 Å². The van der Waals surface area contributed by atoms with E-state index < -0.39 is 17.7 Å². The van der Waals surface area contributed by atoms with Gasteiger partial charge in [-0.3, -0.25) is 0 Å². The predicted octanol–water partition coefficient (Wildman–Crippen LogP) is 3.34. The molecular weight excluding hydrogens is 378 g/mol. The van der Waals surface area contributed by atoms with E-state index in [1.807, 2.05) is 12.1 Å². The lowest BCUT2D eigenvalue weighted by Gasteiger charge is -2.22. The van der Waals surface area contributed by atoms with Crippen molar-refractivity contribution < 1.29 is 23.4 Å². The molecule has 0 saturated heterocycles. The molecule has 2 rings (SSSR count). The molecule has 0 spiro atoms. The minimum absolute atomic E-state index is 0.170. The third-order valence-electron chi connectivity index (χ3n) is 4.70. The molecule has 29 heavy (non-hydrogen) atoms. The summed E-state index contributed by atoms with van der Waals surface area (Å²) >= 11 is 0. The number of ether oxygens (including phenoxy) is 2. The van der Waals surface area contributed by atoms with Crippen molar-refractivity contribution in [3.8, 4) is 11.5 Å². The normalized spacial score (nSPS) is 12.2. The maximum atomic E-state index is 13.7. The van der Waals surface area contributed by atoms with Gasteiger partial charge in [0.2, 0.25) is 0 Å². The largest absolute Gasteiger partial charge is 0.493 e. The number of methoxy groups -OCH3 is 1. The Morgan fingerprint density at radius 1 is 1.07 bits per heavy atom. The van der Waals surface area contributed by atoms with Gasteiger partial charge in [0, 0.05) is 25.2 Å². The number of benzene rings is 2. The van der Waals surface area contributed by atoms with Gasteiger partial charge in [-0.1, -0.05) is 32.0 Å². The molecule has 0 unspecified atom stereocenters. The van der Waals surface area contributed by atoms with Gasteiger partial charge in [-0.05, 0) is 36.9 Å². The zero-order valence-electron chi connectivity index (χ0n) is 17.3. The molecule has 0 bridgehead atoms. The quantitative estimate of drug-likeness (QED) is 0.564. The predicted molar refractivity (Wildman–Crippen MR) is 109 cm³/mol. The first-order chi connectivity index (χ1) is 14.0. The zero-order chi connectivity index (χ0) is 21.2. The summed E-state index contributed by atoms with van der Waals surface area (Å²) in [5.41, 5.74) is 1.19. The molecule has 0 aliphatic carbocycles. The summed E-state index contributed by atoms with van der Waals surface area (Å²) in [6, 6.07) is 9.60. The molecule has 2 aromatic carbocycles. The van der Waals surface area contributed by atoms with Crippen LogP contribution in [0.4, 0.5) is 8.78 Å². The molecular formula is C22H30F2N2O3. The van der Waals surface area contributed by atoms with Crippen molar-refractivity contribution in [2.45, 2.75) is 33.0 Å². The van der Waals surface area contributed by atoms with Crippen LogP contribution >= 0.6 is 0 Å². The highest BCUT2D eigenvalue weighted by atomic mass is 19.2. The standard InChI is InChI=1S/C22H30F2N2O3/c1-4-26(5-2)14-18(27)15-29-20-10-9-16(11-21(20)28-3)12-25-13-17-7-6-8-19(23)22(17)24/h6-11,18,25,27H,4-5,12-15H2,1-3H3/t18-/m0/s1. The second-order valence-corrected chi connectivity index (χ2v) is 6.75. The van der Waals surface area contributed by atoms with Gasteiger partial charge in [0.25, 0.3) is 0 Å². The van der Waals surface area contributed by atoms with Crippen LogP contribution in [0.25, 0.3) is 0 Å². The van der Waals surface area contributed by atoms with E-state index in [9.17, 15) is 13.9 Å². The highest BCUT2D eigenvalue weighted by molar-refractivity contribution is 5.43. The summed E-state index contributed by atoms with van der Waals surface area (Å²) in [7, 11) is 1.55. The minimum atomic E-state index is -0.851. The number of likely N-dealkylation sites (N-methyl/N-ethyl adjacent to an activating group) is 1. The zero-order valence-corrected chi connectivity index (χ0v) is 17.3. The van der Waals surface area contributed by atoms with E-state index in [0.717, 1.165) is 24.7 Å². The molecule has 7 heteroatoms. The molecule has 0 aromatic heterocycles. The van der Waals surface area contributed by atoms with E-state index in [0.29, 0.717) is 24.6 Å². The summed E-state index contributed by atoms with van der Waals surface area (Å²) in [6.07, 6.45) is -0.595. The Morgan fingerprint density at radius 2 is 1.83 bits per heavy atom. The molecule has 160 valence electrons. The van der Waals surface area contributed by atoms with Crippen LogP contribution in [0.15, 0.2) is 36.4 Å². The summed E-state index contributed by atoms with van der Waals surface area (Å²) < 4.78 is 38.1. The molecule has 1 atom stereocenters. The smallest absolute Gasteiger partial charge is 0.163 e. The fraction of sp³-hybridized carbons (Fsp3) is 0.455. The topological polar surface area (TPSA) is 54.0 Å². The van der Waals surface area contributed by atoms with E-state index in [1.54, 1.807) is 19.2 Å². The molecule has 5 nitrogen and oxygen atoms in total. The van der Waals surface area contributed by atoms with Crippen LogP contribution < -0.4 is 14.8 Å². The average Bonchev–Trinajstić information content (AvgIpc) is 2.73. The second kappa shape index (κ2) is 11.7. The molecule has 0 radical (unpaired) electrons. The van der Waals surface area contributed by atoms with E-state index in [-0.39, 0.29) is 18.7 Å². The fourth-order valence-electron chi connectivity index (χ4n) is 2.99. The lowest BCUT2D eigenvalue weighted by molar-refractivity contribution is 0.0705. The SMILES string of the molecule is CCN(CC)C[C@H](O)COc1ccc(CNCc2cccc(F)c2F)cc1OC. The van der Waals surface area contributed by atoms with Crippen molar-refractivity contribution in [1.29, 1.82) is 0 Å². The van der Waals surface area contributed by atoms with Gasteiger partial charge < -0.3 is 24.8 Å². The van der Waals surface area contributed by atoms with Crippen molar-refractivity contribution in [3.05, 3.63) is 59.2 Å². The van der Waals surface area contributed by atoms with E-state index >= 15 is 0 Å². The Morgan fingerprint density at radius 3 is 2.52 bits per heavy atom. The number of aliphatic hydroxyl groups is 1. The fourth-order valence-corrected chi connectivity index (χ4v) is 2.99. The second-order valence-electron chi connectivity index (χ2n) is 6.75. The van der Waals surface area contributed by atoms with Crippen LogP contribution in [-0.4, -0.2) is 49.5 Å². The van der Waals surface area contributed by atoms with Crippen molar-refractivity contribution in [3.63, 3.8) is 0 Å². The van der Waals surface area contributed by atoms with Crippen molar-refractivity contribution in [1.82, 2.24) is 10.2 Å². The van der Waals surface area contributed by atoms with Gasteiger partial charge >= 0.3 is 0 Å². The minimum Gasteiger partial charge on any atom is -0.493 e. The lowest BCUT2D eigenvalue weighted by atomic mass is 10.1. The van der Waals surface area contributed by atoms with E-state index in [1.165, 1.54) is 6.07 Å². The van der Waals surface area contributed by atoms with Crippen LogP contribution in [0.5, 0.6) is 11.5 Å². The van der Waals surface area contributed by atoms with Crippen LogP contribution in [0, 0.1) is 11.6 Å². The van der Waals surface area contributed by atoms with Gasteiger partial charge in [-0.2, -0.15) is 0 Å². The monoisotopic (exact) mass is 408 g/mol. The third-order valence-corrected chi connectivity index (χ3v) is 4.70. The van der Waals surface area contributed by atoms with Crippen molar-refractivity contribution in [2.24, 2.45) is 0 Å². The highest BCUT2D eigenvalue weighted by Crippen LogP contribution is 2.28. The Balaban J connectivity index is 1.90. The maximum absolute atomic E-state index is 13.7. The highest BCUT2D eigenvalue weighted by Gasteiger charge is 2.12. The van der Waals surface area contributed by atoms with Crippen LogP contribution in [0.2, 0.25) is 0 Å². The first-order valence-corrected chi connectivity index (χ1v) is 9.82. The molecule has 0 aliphatic heterocycles. The molecule has 0 heterocycles. The van der Waals surface area contributed by atoms with E-state index in [4.69, 9.17) is 9.47 Å². The number of rotatable bonds is 12. The maximum Gasteiger partial charge on any atom is 0.163 e. The number of halogens is 2. The average molecular weight is 408 g/mol. The number of nitrogens with one attached hydrogen (secondary N) is 1. The number of hydrogen-bond acceptors (Lipinski definition) is 5. The molecule has 2 aromatic rings. The van der Waals surface area contributed by atoms with Crippen molar-refractivity contribution in [2.75, 3.05) is 33.4 Å². The molecule has 0 aliphatic rings. The first-order valence-electron chi connectivity index (χ1n) is 9.82. The summed E-state index contributed by atoms with van der Waals surface area (Å²) in [5.74, 6) is -0.581. The Kier molecular flexibility index (Phi) is 9.31. The summed E-state index contributed by atoms with van der Waals surface area (Å²) in [5, 5.41) is 13.2. The van der Waals surface area contributed by atoms with E-state index in [2.05, 4.69) is 24.1 Å². The molecule has 0 fully saturated rings. The van der Waals surface area contributed by atoms with Gasteiger partial charge in [0.15, 0.2) is 23.1 Å². The third kappa shape index (κ3) is 6.96.